The summed E-state index contributed by atoms with van der Waals surface area (Å²) in [6.45, 7) is 1.51. The van der Waals surface area contributed by atoms with Crippen molar-refractivity contribution in [2.24, 2.45) is 0 Å². The molecule has 118 valence electrons. The topological polar surface area (TPSA) is 49.9 Å². The molecule has 0 amide bonds. The van der Waals surface area contributed by atoms with Gasteiger partial charge in [-0.3, -0.25) is 0 Å². The minimum atomic E-state index is -3.42. The fourth-order valence-electron chi connectivity index (χ4n) is 2.36. The number of nitrogens with zero attached hydrogens (tertiary/aromatic N) is 2. The van der Waals surface area contributed by atoms with Gasteiger partial charge < -0.3 is 9.64 Å². The van der Waals surface area contributed by atoms with E-state index in [0.29, 0.717) is 36.2 Å². The summed E-state index contributed by atoms with van der Waals surface area (Å²) in [5.41, 5.74) is 0. The minimum Gasteiger partial charge on any atom is -0.492 e. The molecule has 0 aliphatic carbocycles. The highest BCUT2D eigenvalue weighted by atomic mass is 35.5. The smallest absolute Gasteiger partial charge is 0.243 e. The normalized spacial score (nSPS) is 20.1. The highest BCUT2D eigenvalue weighted by molar-refractivity contribution is 7.89. The van der Waals surface area contributed by atoms with Crippen molar-refractivity contribution in [3.63, 3.8) is 0 Å². The molecule has 1 aliphatic heterocycles. The Bertz CT molecular complexity index is 560. The number of rotatable bonds is 6. The van der Waals surface area contributed by atoms with Crippen LogP contribution in [0.2, 0.25) is 0 Å². The molecule has 0 saturated carbocycles. The molecule has 1 saturated heterocycles. The first-order valence-electron chi connectivity index (χ1n) is 6.90. The average molecular weight is 333 g/mol. The van der Waals surface area contributed by atoms with Crippen LogP contribution in [0.5, 0.6) is 5.75 Å². The Morgan fingerprint density at radius 1 is 1.33 bits per heavy atom. The van der Waals surface area contributed by atoms with Gasteiger partial charge in [-0.25, -0.2) is 8.42 Å². The first-order valence-corrected chi connectivity index (χ1v) is 8.88. The van der Waals surface area contributed by atoms with Crippen molar-refractivity contribution >= 4 is 21.6 Å². The van der Waals surface area contributed by atoms with Gasteiger partial charge in [0, 0.05) is 19.1 Å². The monoisotopic (exact) mass is 332 g/mol. The second-order valence-corrected chi connectivity index (χ2v) is 7.59. The van der Waals surface area contributed by atoms with Crippen LogP contribution in [0.15, 0.2) is 29.2 Å². The second-order valence-electron chi connectivity index (χ2n) is 5.28. The molecule has 0 aromatic heterocycles. The quantitative estimate of drug-likeness (QED) is 0.743. The van der Waals surface area contributed by atoms with Gasteiger partial charge in [-0.15, -0.1) is 11.6 Å². The Hall–Kier alpha value is -0.820. The molecular formula is C14H21ClN2O3S. The van der Waals surface area contributed by atoms with Crippen LogP contribution in [0.3, 0.4) is 0 Å². The molecule has 1 aliphatic rings. The summed E-state index contributed by atoms with van der Waals surface area (Å²) in [5.74, 6) is 1.03. The molecule has 1 atom stereocenters. The average Bonchev–Trinajstić information content (AvgIpc) is 2.96. The fraction of sp³-hybridized carbons (Fsp3) is 0.571. The lowest BCUT2D eigenvalue weighted by Gasteiger charge is -2.20. The van der Waals surface area contributed by atoms with Gasteiger partial charge in [-0.05, 0) is 44.8 Å². The molecule has 5 nitrogen and oxygen atoms in total. The number of alkyl halides is 1. The Balaban J connectivity index is 2.09. The third-order valence-electron chi connectivity index (χ3n) is 3.66. The van der Waals surface area contributed by atoms with Gasteiger partial charge in [0.25, 0.3) is 0 Å². The molecule has 1 fully saturated rings. The van der Waals surface area contributed by atoms with Crippen molar-refractivity contribution in [1.29, 1.82) is 0 Å². The number of likely N-dealkylation sites (N-methyl/N-ethyl adjacent to an activating group) is 1. The van der Waals surface area contributed by atoms with E-state index in [1.807, 2.05) is 14.1 Å². The van der Waals surface area contributed by atoms with E-state index in [4.69, 9.17) is 16.3 Å². The predicted molar refractivity (Wildman–Crippen MR) is 83.5 cm³/mol. The Morgan fingerprint density at radius 3 is 2.52 bits per heavy atom. The van der Waals surface area contributed by atoms with Crippen LogP contribution < -0.4 is 4.74 Å². The van der Waals surface area contributed by atoms with Crippen molar-refractivity contribution in [3.05, 3.63) is 24.3 Å². The van der Waals surface area contributed by atoms with E-state index in [0.717, 1.165) is 6.42 Å². The molecule has 0 N–H and O–H groups in total. The van der Waals surface area contributed by atoms with E-state index in [2.05, 4.69) is 4.90 Å². The van der Waals surface area contributed by atoms with Crippen molar-refractivity contribution in [2.45, 2.75) is 17.4 Å². The zero-order valence-corrected chi connectivity index (χ0v) is 13.9. The maximum Gasteiger partial charge on any atom is 0.243 e. The van der Waals surface area contributed by atoms with Gasteiger partial charge in [-0.2, -0.15) is 4.31 Å². The third-order valence-corrected chi connectivity index (χ3v) is 5.70. The zero-order chi connectivity index (χ0) is 15.5. The van der Waals surface area contributed by atoms with Gasteiger partial charge in [0.15, 0.2) is 0 Å². The lowest BCUT2D eigenvalue weighted by Crippen LogP contribution is -2.34. The van der Waals surface area contributed by atoms with Crippen molar-refractivity contribution in [3.8, 4) is 5.75 Å². The summed E-state index contributed by atoms with van der Waals surface area (Å²) >= 11 is 5.55. The van der Waals surface area contributed by atoms with Gasteiger partial charge >= 0.3 is 0 Å². The van der Waals surface area contributed by atoms with E-state index < -0.39 is 10.0 Å². The second kappa shape index (κ2) is 6.96. The summed E-state index contributed by atoms with van der Waals surface area (Å²) in [4.78, 5) is 2.37. The molecule has 1 unspecified atom stereocenters. The van der Waals surface area contributed by atoms with Crippen LogP contribution in [-0.4, -0.2) is 63.3 Å². The largest absolute Gasteiger partial charge is 0.492 e. The van der Waals surface area contributed by atoms with Crippen molar-refractivity contribution in [2.75, 3.05) is 39.7 Å². The van der Waals surface area contributed by atoms with Gasteiger partial charge in [-0.1, -0.05) is 0 Å². The van der Waals surface area contributed by atoms with Crippen LogP contribution in [0.4, 0.5) is 0 Å². The van der Waals surface area contributed by atoms with Crippen LogP contribution in [0.25, 0.3) is 0 Å². The molecule has 0 spiro atoms. The fourth-order valence-corrected chi connectivity index (χ4v) is 3.93. The summed E-state index contributed by atoms with van der Waals surface area (Å²) in [6.07, 6.45) is 0.864. The molecule has 7 heteroatoms. The SMILES string of the molecule is CN(C)C1CCN(S(=O)(=O)c2ccc(OCCCl)cc2)C1. The van der Waals surface area contributed by atoms with E-state index >= 15 is 0 Å². The first kappa shape index (κ1) is 16.5. The van der Waals surface area contributed by atoms with Crippen molar-refractivity contribution < 1.29 is 13.2 Å². The molecule has 0 bridgehead atoms. The summed E-state index contributed by atoms with van der Waals surface area (Å²) in [5, 5.41) is 0. The summed E-state index contributed by atoms with van der Waals surface area (Å²) in [6, 6.07) is 6.79. The van der Waals surface area contributed by atoms with Gasteiger partial charge in [0.05, 0.1) is 10.8 Å². The zero-order valence-electron chi connectivity index (χ0n) is 12.3. The number of ether oxygens (including phenoxy) is 1. The maximum atomic E-state index is 12.6. The maximum absolute atomic E-state index is 12.6. The lowest BCUT2D eigenvalue weighted by molar-refractivity contribution is 0.302. The highest BCUT2D eigenvalue weighted by Gasteiger charge is 2.33. The molecule has 1 heterocycles. The van der Waals surface area contributed by atoms with E-state index in [1.54, 1.807) is 28.6 Å². The van der Waals surface area contributed by atoms with Gasteiger partial charge in [0.2, 0.25) is 10.0 Å². The van der Waals surface area contributed by atoms with Crippen LogP contribution >= 0.6 is 11.6 Å². The Kier molecular flexibility index (Phi) is 5.48. The van der Waals surface area contributed by atoms with E-state index in [1.165, 1.54) is 0 Å². The third kappa shape index (κ3) is 3.88. The standard InChI is InChI=1S/C14H21ClN2O3S/c1-16(2)12-7-9-17(11-12)21(18,19)14-5-3-13(4-6-14)20-10-8-15/h3-6,12H,7-11H2,1-2H3. The molecule has 2 rings (SSSR count). The van der Waals surface area contributed by atoms with Crippen LogP contribution in [0.1, 0.15) is 6.42 Å². The predicted octanol–water partition coefficient (Wildman–Crippen LogP) is 1.63. The summed E-state index contributed by atoms with van der Waals surface area (Å²) in [7, 11) is 0.535. The molecule has 1 aromatic carbocycles. The summed E-state index contributed by atoms with van der Waals surface area (Å²) < 4.78 is 32.0. The Morgan fingerprint density at radius 2 is 2.00 bits per heavy atom. The highest BCUT2D eigenvalue weighted by Crippen LogP contribution is 2.24. The number of benzene rings is 1. The van der Waals surface area contributed by atoms with Crippen molar-refractivity contribution in [1.82, 2.24) is 9.21 Å². The first-order chi connectivity index (χ1) is 9.95. The molecular weight excluding hydrogens is 312 g/mol. The minimum absolute atomic E-state index is 0.283. The van der Waals surface area contributed by atoms with Gasteiger partial charge in [0.1, 0.15) is 12.4 Å². The van der Waals surface area contributed by atoms with Crippen LogP contribution in [0, 0.1) is 0 Å². The molecule has 1 aromatic rings. The molecule has 0 radical (unpaired) electrons. The van der Waals surface area contributed by atoms with Crippen LogP contribution in [-0.2, 0) is 10.0 Å². The van der Waals surface area contributed by atoms with E-state index in [-0.39, 0.29) is 6.04 Å². The Labute approximate surface area is 131 Å². The number of sulfonamides is 1. The molecule has 21 heavy (non-hydrogen) atoms. The number of halogens is 1. The van der Waals surface area contributed by atoms with E-state index in [9.17, 15) is 8.42 Å². The number of hydrogen-bond donors (Lipinski definition) is 0. The lowest BCUT2D eigenvalue weighted by atomic mass is 10.2. The number of hydrogen-bond acceptors (Lipinski definition) is 4.